The molecule has 2 saturated carbocycles. The van der Waals surface area contributed by atoms with Crippen LogP contribution in [-0.2, 0) is 6.54 Å². The van der Waals surface area contributed by atoms with Crippen molar-refractivity contribution in [3.63, 3.8) is 0 Å². The van der Waals surface area contributed by atoms with E-state index in [0.717, 1.165) is 25.6 Å². The Kier molecular flexibility index (Phi) is 4.02. The van der Waals surface area contributed by atoms with E-state index in [1.165, 1.54) is 43.5 Å². The summed E-state index contributed by atoms with van der Waals surface area (Å²) in [6.45, 7) is 8.84. The van der Waals surface area contributed by atoms with Crippen molar-refractivity contribution in [1.82, 2.24) is 5.32 Å². The Labute approximate surface area is 123 Å². The van der Waals surface area contributed by atoms with E-state index in [1.54, 1.807) is 0 Å². The summed E-state index contributed by atoms with van der Waals surface area (Å²) in [6.07, 6.45) is 5.90. The van der Waals surface area contributed by atoms with Gasteiger partial charge in [-0.25, -0.2) is 0 Å². The van der Waals surface area contributed by atoms with Gasteiger partial charge in [-0.2, -0.15) is 0 Å². The summed E-state index contributed by atoms with van der Waals surface area (Å²) >= 11 is 0. The van der Waals surface area contributed by atoms with Crippen molar-refractivity contribution >= 4 is 5.69 Å². The van der Waals surface area contributed by atoms with Crippen molar-refractivity contribution in [2.75, 3.05) is 24.5 Å². The molecule has 2 aliphatic carbocycles. The van der Waals surface area contributed by atoms with Gasteiger partial charge in [-0.3, -0.25) is 0 Å². The second-order valence-electron chi connectivity index (χ2n) is 6.58. The van der Waals surface area contributed by atoms with Crippen LogP contribution in [0.5, 0.6) is 0 Å². The van der Waals surface area contributed by atoms with Crippen molar-refractivity contribution in [3.8, 4) is 0 Å². The maximum Gasteiger partial charge on any atom is 0.0366 e. The van der Waals surface area contributed by atoms with E-state index in [0.29, 0.717) is 5.41 Å². The van der Waals surface area contributed by atoms with Crippen molar-refractivity contribution in [2.24, 2.45) is 11.3 Å². The van der Waals surface area contributed by atoms with E-state index >= 15 is 0 Å². The van der Waals surface area contributed by atoms with Crippen LogP contribution in [0.25, 0.3) is 0 Å². The normalized spacial score (nSPS) is 19.9. The van der Waals surface area contributed by atoms with Crippen molar-refractivity contribution < 1.29 is 0 Å². The fraction of sp³-hybridized carbons (Fsp3) is 0.667. The second kappa shape index (κ2) is 5.77. The Bertz CT molecular complexity index is 425. The first-order valence-electron chi connectivity index (χ1n) is 8.32. The zero-order valence-corrected chi connectivity index (χ0v) is 13.0. The fourth-order valence-electron chi connectivity index (χ4n) is 3.45. The number of anilines is 1. The minimum Gasteiger partial charge on any atom is -0.372 e. The molecular formula is C18H28N2. The third-order valence-corrected chi connectivity index (χ3v) is 5.21. The minimum atomic E-state index is 0.709. The van der Waals surface area contributed by atoms with Crippen molar-refractivity contribution in [2.45, 2.75) is 46.1 Å². The van der Waals surface area contributed by atoms with Gasteiger partial charge in [0.2, 0.25) is 0 Å². The van der Waals surface area contributed by atoms with Crippen LogP contribution >= 0.6 is 0 Å². The van der Waals surface area contributed by atoms with E-state index in [2.05, 4.69) is 48.3 Å². The summed E-state index contributed by atoms with van der Waals surface area (Å²) in [5, 5.41) is 3.69. The molecule has 0 heterocycles. The Balaban J connectivity index is 1.48. The average Bonchev–Trinajstić information content (AvgIpc) is 3.35. The monoisotopic (exact) mass is 272 g/mol. The van der Waals surface area contributed by atoms with Gasteiger partial charge in [0.25, 0.3) is 0 Å². The molecule has 2 fully saturated rings. The first kappa shape index (κ1) is 13.9. The number of rotatable bonds is 8. The highest BCUT2D eigenvalue weighted by molar-refractivity contribution is 5.47. The molecule has 0 spiro atoms. The average molecular weight is 272 g/mol. The van der Waals surface area contributed by atoms with Crippen LogP contribution in [0.4, 0.5) is 5.69 Å². The van der Waals surface area contributed by atoms with Gasteiger partial charge >= 0.3 is 0 Å². The van der Waals surface area contributed by atoms with Crippen LogP contribution in [0.2, 0.25) is 0 Å². The molecule has 0 atom stereocenters. The van der Waals surface area contributed by atoms with Gasteiger partial charge in [-0.1, -0.05) is 12.1 Å². The molecule has 0 saturated heterocycles. The molecule has 1 aromatic carbocycles. The van der Waals surface area contributed by atoms with E-state index in [9.17, 15) is 0 Å². The maximum absolute atomic E-state index is 3.69. The Morgan fingerprint density at radius 1 is 1.10 bits per heavy atom. The van der Waals surface area contributed by atoms with Gasteiger partial charge in [0.15, 0.2) is 0 Å². The predicted molar refractivity (Wildman–Crippen MR) is 86.1 cm³/mol. The van der Waals surface area contributed by atoms with Crippen molar-refractivity contribution in [3.05, 3.63) is 29.8 Å². The fourth-order valence-corrected chi connectivity index (χ4v) is 3.45. The van der Waals surface area contributed by atoms with Crippen LogP contribution < -0.4 is 10.2 Å². The quantitative estimate of drug-likeness (QED) is 0.774. The molecule has 1 N–H and O–H groups in total. The lowest BCUT2D eigenvalue weighted by atomic mass is 10.0. The number of benzene rings is 1. The lowest BCUT2D eigenvalue weighted by Crippen LogP contribution is -2.25. The highest BCUT2D eigenvalue weighted by Crippen LogP contribution is 2.60. The third kappa shape index (κ3) is 3.01. The van der Waals surface area contributed by atoms with Crippen LogP contribution in [0.15, 0.2) is 24.3 Å². The van der Waals surface area contributed by atoms with Crippen molar-refractivity contribution in [1.29, 1.82) is 0 Å². The van der Waals surface area contributed by atoms with E-state index in [4.69, 9.17) is 0 Å². The largest absolute Gasteiger partial charge is 0.372 e. The second-order valence-corrected chi connectivity index (χ2v) is 6.58. The summed E-state index contributed by atoms with van der Waals surface area (Å²) < 4.78 is 0. The van der Waals surface area contributed by atoms with Gasteiger partial charge in [-0.05, 0) is 68.6 Å². The molecule has 2 aliphatic rings. The summed E-state index contributed by atoms with van der Waals surface area (Å²) in [7, 11) is 0. The van der Waals surface area contributed by atoms with Gasteiger partial charge in [0.05, 0.1) is 0 Å². The third-order valence-electron chi connectivity index (χ3n) is 5.21. The first-order chi connectivity index (χ1) is 9.77. The lowest BCUT2D eigenvalue weighted by molar-refractivity contribution is 0.403. The summed E-state index contributed by atoms with van der Waals surface area (Å²) in [5.41, 5.74) is 3.46. The smallest absolute Gasteiger partial charge is 0.0366 e. The molecule has 0 radical (unpaired) electrons. The standard InChI is InChI=1S/C18H28N2/c1-3-20(4-2)17-9-5-15(6-10-17)13-19-14-18(11-12-18)16-7-8-16/h5-6,9-10,16,19H,3-4,7-8,11-14H2,1-2H3. The molecule has 2 nitrogen and oxygen atoms in total. The van der Waals surface area contributed by atoms with Crippen LogP contribution in [0.1, 0.15) is 45.1 Å². The summed E-state index contributed by atoms with van der Waals surface area (Å²) in [6, 6.07) is 9.07. The minimum absolute atomic E-state index is 0.709. The molecule has 20 heavy (non-hydrogen) atoms. The van der Waals surface area contributed by atoms with Gasteiger partial charge in [0.1, 0.15) is 0 Å². The van der Waals surface area contributed by atoms with Crippen LogP contribution in [-0.4, -0.2) is 19.6 Å². The molecule has 2 heteroatoms. The summed E-state index contributed by atoms with van der Waals surface area (Å²) in [5.74, 6) is 1.06. The molecule has 0 aromatic heterocycles. The Morgan fingerprint density at radius 2 is 1.75 bits per heavy atom. The molecule has 3 rings (SSSR count). The van der Waals surface area contributed by atoms with E-state index in [-0.39, 0.29) is 0 Å². The number of nitrogens with one attached hydrogen (secondary N) is 1. The molecule has 0 bridgehead atoms. The lowest BCUT2D eigenvalue weighted by Gasteiger charge is -2.21. The molecular weight excluding hydrogens is 244 g/mol. The Hall–Kier alpha value is -1.02. The SMILES string of the molecule is CCN(CC)c1ccc(CNCC2(C3CC3)CC2)cc1. The molecule has 110 valence electrons. The summed E-state index contributed by atoms with van der Waals surface area (Å²) in [4.78, 5) is 2.39. The van der Waals surface area contributed by atoms with Gasteiger partial charge in [-0.15, -0.1) is 0 Å². The number of hydrogen-bond donors (Lipinski definition) is 1. The first-order valence-corrected chi connectivity index (χ1v) is 8.32. The van der Waals surface area contributed by atoms with E-state index < -0.39 is 0 Å². The highest BCUT2D eigenvalue weighted by atomic mass is 15.1. The number of nitrogens with zero attached hydrogens (tertiary/aromatic N) is 1. The molecule has 0 amide bonds. The van der Waals surface area contributed by atoms with E-state index in [1.807, 2.05) is 0 Å². The van der Waals surface area contributed by atoms with Crippen LogP contribution in [0.3, 0.4) is 0 Å². The molecule has 1 aromatic rings. The topological polar surface area (TPSA) is 15.3 Å². The molecule has 0 unspecified atom stereocenters. The highest BCUT2D eigenvalue weighted by Gasteiger charge is 2.53. The van der Waals surface area contributed by atoms with Crippen LogP contribution in [0, 0.1) is 11.3 Å². The van der Waals surface area contributed by atoms with Gasteiger partial charge in [0, 0.05) is 31.9 Å². The Morgan fingerprint density at radius 3 is 2.25 bits per heavy atom. The molecule has 0 aliphatic heterocycles. The zero-order chi connectivity index (χ0) is 14.0. The maximum atomic E-state index is 3.69. The predicted octanol–water partition coefficient (Wildman–Crippen LogP) is 3.81. The number of hydrogen-bond acceptors (Lipinski definition) is 2. The van der Waals surface area contributed by atoms with Gasteiger partial charge < -0.3 is 10.2 Å². The zero-order valence-electron chi connectivity index (χ0n) is 13.0.